The Kier molecular flexibility index (Phi) is 5.96. The van der Waals surface area contributed by atoms with Crippen LogP contribution in [0.25, 0.3) is 0 Å². The molecule has 0 radical (unpaired) electrons. The molecule has 5 heteroatoms. The smallest absolute Gasteiger partial charge is 0.243 e. The molecule has 1 aromatic rings. The second-order valence-corrected chi connectivity index (χ2v) is 9.31. The molecule has 1 aliphatic carbocycles. The van der Waals surface area contributed by atoms with E-state index in [1.54, 1.807) is 16.7 Å². The van der Waals surface area contributed by atoms with E-state index < -0.39 is 0 Å². The highest BCUT2D eigenvalue weighted by Crippen LogP contribution is 2.32. The van der Waals surface area contributed by atoms with Gasteiger partial charge in [-0.1, -0.05) is 50.6 Å². The van der Waals surface area contributed by atoms with E-state index in [-0.39, 0.29) is 35.2 Å². The molecule has 1 saturated carbocycles. The molecule has 0 aromatic heterocycles. The first-order chi connectivity index (χ1) is 12.4. The molecule has 0 bridgehead atoms. The zero-order valence-corrected chi connectivity index (χ0v) is 16.8. The molecule has 1 saturated heterocycles. The molecule has 2 fully saturated rings. The van der Waals surface area contributed by atoms with Crippen molar-refractivity contribution >= 4 is 23.6 Å². The number of hydrogen-bond acceptors (Lipinski definition) is 3. The number of nitrogens with zero attached hydrogens (tertiary/aromatic N) is 1. The van der Waals surface area contributed by atoms with Crippen molar-refractivity contribution < 1.29 is 9.59 Å². The van der Waals surface area contributed by atoms with Gasteiger partial charge in [0.25, 0.3) is 0 Å². The molecule has 2 aliphatic rings. The third-order valence-corrected chi connectivity index (χ3v) is 6.70. The molecule has 26 heavy (non-hydrogen) atoms. The Bertz CT molecular complexity index is 643. The lowest BCUT2D eigenvalue weighted by Gasteiger charge is -2.33. The highest BCUT2D eigenvalue weighted by molar-refractivity contribution is 7.99. The molecular weight excluding hydrogens is 344 g/mol. The van der Waals surface area contributed by atoms with Crippen LogP contribution in [0.3, 0.4) is 0 Å². The largest absolute Gasteiger partial charge is 0.352 e. The van der Waals surface area contributed by atoms with E-state index in [1.807, 2.05) is 6.07 Å². The molecule has 1 N–H and O–H groups in total. The summed E-state index contributed by atoms with van der Waals surface area (Å²) in [5.41, 5.74) is 1.26. The van der Waals surface area contributed by atoms with Crippen molar-refractivity contribution in [1.82, 2.24) is 10.2 Å². The summed E-state index contributed by atoms with van der Waals surface area (Å²) in [5.74, 6) is 1.69. The van der Waals surface area contributed by atoms with Gasteiger partial charge >= 0.3 is 0 Å². The number of hydrogen-bond donors (Lipinski definition) is 1. The van der Waals surface area contributed by atoms with Gasteiger partial charge in [0.15, 0.2) is 0 Å². The standard InChI is InChI=1S/C21H30N2O2S/c1-15(12-21(2,3)17-10-5-4-6-11-17)22-19(24)18-13-26-14-23(18)20(25)16-8-7-9-16/h4-6,10-11,15-16,18H,7-9,12-14H2,1-3H3,(H,22,24). The maximum Gasteiger partial charge on any atom is 0.243 e. The first kappa shape index (κ1) is 19.3. The van der Waals surface area contributed by atoms with Crippen molar-refractivity contribution in [3.8, 4) is 0 Å². The Labute approximate surface area is 161 Å². The number of thioether (sulfide) groups is 1. The molecule has 1 aliphatic heterocycles. The Morgan fingerprint density at radius 3 is 2.58 bits per heavy atom. The number of nitrogens with one attached hydrogen (secondary N) is 1. The van der Waals surface area contributed by atoms with Crippen LogP contribution in [0, 0.1) is 5.92 Å². The maximum atomic E-state index is 12.8. The molecule has 1 heterocycles. The Hall–Kier alpha value is -1.49. The minimum atomic E-state index is -0.310. The van der Waals surface area contributed by atoms with E-state index in [1.165, 1.54) is 5.56 Å². The molecule has 2 atom stereocenters. The van der Waals surface area contributed by atoms with Crippen molar-refractivity contribution in [2.24, 2.45) is 5.92 Å². The van der Waals surface area contributed by atoms with Crippen molar-refractivity contribution in [1.29, 1.82) is 0 Å². The Balaban J connectivity index is 1.57. The van der Waals surface area contributed by atoms with Gasteiger partial charge in [-0.25, -0.2) is 0 Å². The van der Waals surface area contributed by atoms with Crippen LogP contribution in [-0.2, 0) is 15.0 Å². The van der Waals surface area contributed by atoms with Gasteiger partial charge in [0.2, 0.25) is 11.8 Å². The Morgan fingerprint density at radius 1 is 1.27 bits per heavy atom. The first-order valence-electron chi connectivity index (χ1n) is 9.62. The summed E-state index contributed by atoms with van der Waals surface area (Å²) < 4.78 is 0. The third-order valence-electron chi connectivity index (χ3n) is 5.68. The van der Waals surface area contributed by atoms with Crippen LogP contribution in [0.1, 0.15) is 52.0 Å². The molecule has 1 aromatic carbocycles. The third kappa shape index (κ3) is 4.25. The molecule has 3 rings (SSSR count). The highest BCUT2D eigenvalue weighted by atomic mass is 32.2. The molecule has 2 amide bonds. The van der Waals surface area contributed by atoms with Gasteiger partial charge in [-0.15, -0.1) is 11.8 Å². The van der Waals surface area contributed by atoms with E-state index >= 15 is 0 Å². The predicted octanol–water partition coefficient (Wildman–Crippen LogP) is 3.56. The zero-order chi connectivity index (χ0) is 18.7. The van der Waals surface area contributed by atoms with Gasteiger partial charge in [0.1, 0.15) is 6.04 Å². The lowest BCUT2D eigenvalue weighted by atomic mass is 9.79. The molecule has 2 unspecified atom stereocenters. The van der Waals surface area contributed by atoms with Crippen LogP contribution in [-0.4, -0.2) is 40.4 Å². The summed E-state index contributed by atoms with van der Waals surface area (Å²) in [6, 6.07) is 10.2. The number of amides is 2. The van der Waals surface area contributed by atoms with Gasteiger partial charge < -0.3 is 10.2 Å². The number of carbonyl (C=O) groups excluding carboxylic acids is 2. The molecule has 142 valence electrons. The van der Waals surface area contributed by atoms with Gasteiger partial charge in [-0.05, 0) is 37.2 Å². The predicted molar refractivity (Wildman–Crippen MR) is 107 cm³/mol. The van der Waals surface area contributed by atoms with Crippen molar-refractivity contribution in [2.45, 2.75) is 64.0 Å². The summed E-state index contributed by atoms with van der Waals surface area (Å²) in [5, 5.41) is 3.16. The van der Waals surface area contributed by atoms with Crippen molar-refractivity contribution in [3.63, 3.8) is 0 Å². The molecular formula is C21H30N2O2S. The molecule has 4 nitrogen and oxygen atoms in total. The van der Waals surface area contributed by atoms with Gasteiger partial charge in [-0.3, -0.25) is 9.59 Å². The average molecular weight is 375 g/mol. The highest BCUT2D eigenvalue weighted by Gasteiger charge is 2.39. The number of rotatable bonds is 6. The van der Waals surface area contributed by atoms with E-state index in [2.05, 4.69) is 50.4 Å². The van der Waals surface area contributed by atoms with Gasteiger partial charge in [0.05, 0.1) is 5.88 Å². The minimum absolute atomic E-state index is 0.000893. The lowest BCUT2D eigenvalue weighted by Crippen LogP contribution is -2.52. The van der Waals surface area contributed by atoms with Crippen LogP contribution < -0.4 is 5.32 Å². The SMILES string of the molecule is CC(CC(C)(C)c1ccccc1)NC(=O)C1CSCN1C(=O)C1CCC1. The fourth-order valence-corrected chi connectivity index (χ4v) is 5.09. The van der Waals surface area contributed by atoms with Crippen LogP contribution in [0.4, 0.5) is 0 Å². The second kappa shape index (κ2) is 8.03. The normalized spacial score (nSPS) is 22.0. The van der Waals surface area contributed by atoms with Crippen LogP contribution in [0.2, 0.25) is 0 Å². The van der Waals surface area contributed by atoms with E-state index in [4.69, 9.17) is 0 Å². The van der Waals surface area contributed by atoms with Crippen molar-refractivity contribution in [3.05, 3.63) is 35.9 Å². The average Bonchev–Trinajstić information content (AvgIpc) is 3.03. The summed E-state index contributed by atoms with van der Waals surface area (Å²) >= 11 is 1.68. The van der Waals surface area contributed by atoms with Gasteiger partial charge in [-0.2, -0.15) is 0 Å². The van der Waals surface area contributed by atoms with Crippen LogP contribution in [0.15, 0.2) is 30.3 Å². The van der Waals surface area contributed by atoms with E-state index in [9.17, 15) is 9.59 Å². The number of benzene rings is 1. The zero-order valence-electron chi connectivity index (χ0n) is 16.0. The quantitative estimate of drug-likeness (QED) is 0.828. The number of carbonyl (C=O) groups is 2. The fraction of sp³-hybridized carbons (Fsp3) is 0.619. The monoisotopic (exact) mass is 374 g/mol. The first-order valence-corrected chi connectivity index (χ1v) is 10.8. The second-order valence-electron chi connectivity index (χ2n) is 8.32. The summed E-state index contributed by atoms with van der Waals surface area (Å²) in [7, 11) is 0. The van der Waals surface area contributed by atoms with Crippen LogP contribution in [0.5, 0.6) is 0 Å². The summed E-state index contributed by atoms with van der Waals surface area (Å²) in [6.45, 7) is 6.48. The van der Waals surface area contributed by atoms with E-state index in [0.29, 0.717) is 11.6 Å². The topological polar surface area (TPSA) is 49.4 Å². The fourth-order valence-electron chi connectivity index (χ4n) is 3.93. The lowest BCUT2D eigenvalue weighted by molar-refractivity contribution is -0.143. The summed E-state index contributed by atoms with van der Waals surface area (Å²) in [4.78, 5) is 27.2. The minimum Gasteiger partial charge on any atom is -0.352 e. The Morgan fingerprint density at radius 2 is 1.96 bits per heavy atom. The van der Waals surface area contributed by atoms with Crippen LogP contribution >= 0.6 is 11.8 Å². The van der Waals surface area contributed by atoms with Crippen molar-refractivity contribution in [2.75, 3.05) is 11.6 Å². The molecule has 0 spiro atoms. The van der Waals surface area contributed by atoms with Gasteiger partial charge in [0, 0.05) is 17.7 Å². The summed E-state index contributed by atoms with van der Waals surface area (Å²) in [6.07, 6.45) is 3.96. The van der Waals surface area contributed by atoms with E-state index in [0.717, 1.165) is 25.7 Å². The maximum absolute atomic E-state index is 12.8.